The van der Waals surface area contributed by atoms with E-state index in [0.717, 1.165) is 12.8 Å². The fourth-order valence-corrected chi connectivity index (χ4v) is 4.70. The number of hydrogen-bond acceptors (Lipinski definition) is 5. The van der Waals surface area contributed by atoms with Gasteiger partial charge in [0.2, 0.25) is 15.9 Å². The van der Waals surface area contributed by atoms with Crippen molar-refractivity contribution in [2.45, 2.75) is 45.4 Å². The molecule has 130 valence electrons. The lowest BCUT2D eigenvalue weighted by molar-refractivity contribution is -0.136. The fraction of sp³-hybridized carbons (Fsp3) is 0.733. The molecule has 0 aromatic carbocycles. The van der Waals surface area contributed by atoms with Crippen molar-refractivity contribution in [2.24, 2.45) is 5.92 Å². The third-order valence-corrected chi connectivity index (χ3v) is 6.40. The molecule has 0 saturated carbocycles. The summed E-state index contributed by atoms with van der Waals surface area (Å²) in [6.07, 6.45) is 1.82. The maximum atomic E-state index is 12.7. The molecule has 1 aromatic rings. The van der Waals surface area contributed by atoms with Gasteiger partial charge in [-0.05, 0) is 20.3 Å². The Hall–Kier alpha value is -1.41. The van der Waals surface area contributed by atoms with Gasteiger partial charge in [0.1, 0.15) is 10.6 Å². The number of rotatable bonds is 5. The van der Waals surface area contributed by atoms with E-state index in [4.69, 9.17) is 4.52 Å². The van der Waals surface area contributed by atoms with E-state index in [1.165, 1.54) is 4.31 Å². The molecular weight excluding hydrogens is 318 g/mol. The molecule has 8 heteroatoms. The Kier molecular flexibility index (Phi) is 5.46. The largest absolute Gasteiger partial charge is 0.360 e. The van der Waals surface area contributed by atoms with Crippen molar-refractivity contribution < 1.29 is 17.7 Å². The molecule has 1 aliphatic rings. The summed E-state index contributed by atoms with van der Waals surface area (Å²) in [5.41, 5.74) is 0.373. The van der Waals surface area contributed by atoms with Crippen LogP contribution in [0.3, 0.4) is 0 Å². The number of carbonyl (C=O) groups excluding carboxylic acids is 1. The molecule has 23 heavy (non-hydrogen) atoms. The maximum absolute atomic E-state index is 12.7. The molecule has 0 bridgehead atoms. The van der Waals surface area contributed by atoms with Crippen LogP contribution in [-0.4, -0.2) is 54.9 Å². The first kappa shape index (κ1) is 17.9. The predicted molar refractivity (Wildman–Crippen MR) is 85.4 cm³/mol. The van der Waals surface area contributed by atoms with E-state index in [-0.39, 0.29) is 16.7 Å². The summed E-state index contributed by atoms with van der Waals surface area (Å²) in [7, 11) is -3.62. The number of aromatic nitrogens is 1. The van der Waals surface area contributed by atoms with Gasteiger partial charge >= 0.3 is 0 Å². The summed E-state index contributed by atoms with van der Waals surface area (Å²) in [4.78, 5) is 14.2. The molecule has 1 atom stereocenters. The molecule has 1 unspecified atom stereocenters. The number of piperazine rings is 1. The van der Waals surface area contributed by atoms with Crippen molar-refractivity contribution in [3.05, 3.63) is 11.5 Å². The highest BCUT2D eigenvalue weighted by molar-refractivity contribution is 7.89. The second-order valence-electron chi connectivity index (χ2n) is 6.07. The van der Waals surface area contributed by atoms with E-state index in [2.05, 4.69) is 12.1 Å². The standard InChI is InChI=1S/C15H25N3O4S/c1-5-6-11(2)15(19)17-7-9-18(10-8-17)23(20,21)14-12(3)16-22-13(14)4/h11H,5-10H2,1-4H3. The maximum Gasteiger partial charge on any atom is 0.248 e. The zero-order valence-corrected chi connectivity index (χ0v) is 15.0. The molecule has 2 rings (SSSR count). The molecule has 1 amide bonds. The summed E-state index contributed by atoms with van der Waals surface area (Å²) < 4.78 is 31.8. The summed E-state index contributed by atoms with van der Waals surface area (Å²) in [6.45, 7) is 8.66. The Labute approximate surface area is 137 Å². The van der Waals surface area contributed by atoms with Crippen LogP contribution < -0.4 is 0 Å². The highest BCUT2D eigenvalue weighted by Crippen LogP contribution is 2.24. The van der Waals surface area contributed by atoms with Crippen LogP contribution in [0.2, 0.25) is 0 Å². The van der Waals surface area contributed by atoms with Crippen molar-refractivity contribution in [3.8, 4) is 0 Å². The lowest BCUT2D eigenvalue weighted by atomic mass is 10.0. The number of aryl methyl sites for hydroxylation is 2. The molecule has 0 N–H and O–H groups in total. The number of sulfonamides is 1. The monoisotopic (exact) mass is 343 g/mol. The average Bonchev–Trinajstić information content (AvgIpc) is 2.86. The van der Waals surface area contributed by atoms with E-state index < -0.39 is 10.0 Å². The van der Waals surface area contributed by atoms with Gasteiger partial charge in [-0.2, -0.15) is 4.31 Å². The van der Waals surface area contributed by atoms with E-state index in [0.29, 0.717) is 37.6 Å². The van der Waals surface area contributed by atoms with Crippen LogP contribution in [0.15, 0.2) is 9.42 Å². The Morgan fingerprint density at radius 3 is 2.35 bits per heavy atom. The van der Waals surface area contributed by atoms with Gasteiger partial charge in [-0.3, -0.25) is 4.79 Å². The minimum atomic E-state index is -3.62. The molecular formula is C15H25N3O4S. The van der Waals surface area contributed by atoms with Crippen LogP contribution in [0.5, 0.6) is 0 Å². The topological polar surface area (TPSA) is 83.7 Å². The Morgan fingerprint density at radius 1 is 1.26 bits per heavy atom. The van der Waals surface area contributed by atoms with Crippen LogP contribution in [0, 0.1) is 19.8 Å². The van der Waals surface area contributed by atoms with Gasteiger partial charge in [0.15, 0.2) is 5.76 Å². The van der Waals surface area contributed by atoms with Gasteiger partial charge in [0, 0.05) is 32.1 Å². The molecule has 0 aliphatic carbocycles. The van der Waals surface area contributed by atoms with Crippen molar-refractivity contribution in [2.75, 3.05) is 26.2 Å². The Bertz CT molecular complexity index is 641. The minimum absolute atomic E-state index is 0.00859. The third-order valence-electron chi connectivity index (χ3n) is 4.26. The van der Waals surface area contributed by atoms with Crippen LogP contribution in [0.1, 0.15) is 38.1 Å². The van der Waals surface area contributed by atoms with Crippen molar-refractivity contribution >= 4 is 15.9 Å². The van der Waals surface area contributed by atoms with Gasteiger partial charge in [0.05, 0.1) is 0 Å². The lowest BCUT2D eigenvalue weighted by Gasteiger charge is -2.35. The highest BCUT2D eigenvalue weighted by atomic mass is 32.2. The first-order chi connectivity index (χ1) is 10.8. The van der Waals surface area contributed by atoms with Crippen molar-refractivity contribution in [1.82, 2.24) is 14.4 Å². The second kappa shape index (κ2) is 7.00. The molecule has 1 aliphatic heterocycles. The molecule has 0 spiro atoms. The zero-order valence-electron chi connectivity index (χ0n) is 14.2. The van der Waals surface area contributed by atoms with E-state index in [1.807, 2.05) is 6.92 Å². The SMILES string of the molecule is CCCC(C)C(=O)N1CCN(S(=O)(=O)c2c(C)noc2C)CC1. The summed E-state index contributed by atoms with van der Waals surface area (Å²) in [5.74, 6) is 0.407. The van der Waals surface area contributed by atoms with Crippen molar-refractivity contribution in [1.29, 1.82) is 0 Å². The zero-order chi connectivity index (χ0) is 17.2. The third kappa shape index (κ3) is 3.58. The van der Waals surface area contributed by atoms with E-state index >= 15 is 0 Å². The molecule has 1 aromatic heterocycles. The van der Waals surface area contributed by atoms with Crippen LogP contribution in [0.4, 0.5) is 0 Å². The number of hydrogen-bond donors (Lipinski definition) is 0. The lowest BCUT2D eigenvalue weighted by Crippen LogP contribution is -2.51. The molecule has 1 saturated heterocycles. The van der Waals surface area contributed by atoms with Gasteiger partial charge in [-0.25, -0.2) is 8.42 Å². The summed E-state index contributed by atoms with van der Waals surface area (Å²) in [5, 5.41) is 3.72. The fourth-order valence-electron chi connectivity index (χ4n) is 2.99. The molecule has 2 heterocycles. The summed E-state index contributed by atoms with van der Waals surface area (Å²) >= 11 is 0. The predicted octanol–water partition coefficient (Wildman–Crippen LogP) is 1.56. The van der Waals surface area contributed by atoms with Crippen LogP contribution >= 0.6 is 0 Å². The van der Waals surface area contributed by atoms with Crippen LogP contribution in [0.25, 0.3) is 0 Å². The molecule has 0 radical (unpaired) electrons. The normalized spacial score (nSPS) is 18.2. The summed E-state index contributed by atoms with van der Waals surface area (Å²) in [6, 6.07) is 0. The number of amides is 1. The second-order valence-corrected chi connectivity index (χ2v) is 7.95. The van der Waals surface area contributed by atoms with Gasteiger partial charge < -0.3 is 9.42 Å². The smallest absolute Gasteiger partial charge is 0.248 e. The molecule has 1 fully saturated rings. The van der Waals surface area contributed by atoms with E-state index in [9.17, 15) is 13.2 Å². The average molecular weight is 343 g/mol. The molecule has 7 nitrogen and oxygen atoms in total. The van der Waals surface area contributed by atoms with Gasteiger partial charge in [-0.1, -0.05) is 25.4 Å². The first-order valence-corrected chi connectivity index (χ1v) is 9.44. The Morgan fingerprint density at radius 2 is 1.87 bits per heavy atom. The Balaban J connectivity index is 2.06. The quantitative estimate of drug-likeness (QED) is 0.810. The number of carbonyl (C=O) groups is 1. The van der Waals surface area contributed by atoms with Gasteiger partial charge in [0.25, 0.3) is 0 Å². The minimum Gasteiger partial charge on any atom is -0.360 e. The highest BCUT2D eigenvalue weighted by Gasteiger charge is 2.34. The van der Waals surface area contributed by atoms with Gasteiger partial charge in [-0.15, -0.1) is 0 Å². The van der Waals surface area contributed by atoms with Crippen LogP contribution in [-0.2, 0) is 14.8 Å². The first-order valence-electron chi connectivity index (χ1n) is 8.00. The van der Waals surface area contributed by atoms with E-state index in [1.54, 1.807) is 18.7 Å². The number of nitrogens with zero attached hydrogens (tertiary/aromatic N) is 3. The van der Waals surface area contributed by atoms with Crippen molar-refractivity contribution in [3.63, 3.8) is 0 Å².